The quantitative estimate of drug-likeness (QED) is 0.553. The number of piperazine rings is 1. The number of halogens is 2. The molecule has 3 aromatic rings. The number of hydrogen-bond donors (Lipinski definition) is 1. The fraction of sp³-hybridized carbons (Fsp3) is 0.259. The molecular formula is C27H26F2N4O3. The van der Waals surface area contributed by atoms with Gasteiger partial charge in [-0.3, -0.25) is 9.80 Å². The van der Waals surface area contributed by atoms with Gasteiger partial charge in [0, 0.05) is 37.6 Å². The summed E-state index contributed by atoms with van der Waals surface area (Å²) in [5, 5.41) is 2.92. The largest absolute Gasteiger partial charge is 0.447 e. The van der Waals surface area contributed by atoms with Gasteiger partial charge in [-0.1, -0.05) is 30.3 Å². The molecule has 0 aromatic heterocycles. The van der Waals surface area contributed by atoms with Crippen LogP contribution in [0, 0.1) is 11.6 Å². The van der Waals surface area contributed by atoms with Crippen LogP contribution in [0.2, 0.25) is 0 Å². The Labute approximate surface area is 207 Å². The first-order valence-corrected chi connectivity index (χ1v) is 11.8. The van der Waals surface area contributed by atoms with Crippen LogP contribution < -0.4 is 10.2 Å². The van der Waals surface area contributed by atoms with Crippen LogP contribution in [-0.4, -0.2) is 61.3 Å². The molecule has 0 unspecified atom stereocenters. The summed E-state index contributed by atoms with van der Waals surface area (Å²) in [7, 11) is 0. The Morgan fingerprint density at radius 1 is 0.833 bits per heavy atom. The molecule has 5 rings (SSSR count). The summed E-state index contributed by atoms with van der Waals surface area (Å²) in [4.78, 5) is 30.3. The molecule has 2 aliphatic heterocycles. The molecule has 0 atom stereocenters. The molecule has 9 heteroatoms. The molecule has 0 saturated carbocycles. The highest BCUT2D eigenvalue weighted by atomic mass is 19.1. The molecule has 3 amide bonds. The lowest BCUT2D eigenvalue weighted by molar-refractivity contribution is 0.126. The highest BCUT2D eigenvalue weighted by Crippen LogP contribution is 2.30. The van der Waals surface area contributed by atoms with Crippen molar-refractivity contribution in [3.63, 3.8) is 0 Å². The summed E-state index contributed by atoms with van der Waals surface area (Å²) in [5.74, 6) is -0.632. The van der Waals surface area contributed by atoms with Crippen LogP contribution in [0.3, 0.4) is 0 Å². The van der Waals surface area contributed by atoms with E-state index < -0.39 is 6.09 Å². The van der Waals surface area contributed by atoms with E-state index >= 15 is 0 Å². The summed E-state index contributed by atoms with van der Waals surface area (Å²) in [6, 6.07) is 19.3. The number of benzene rings is 3. The molecule has 1 N–H and O–H groups in total. The summed E-state index contributed by atoms with van der Waals surface area (Å²) in [5.41, 5.74) is 3.06. The second-order valence-electron chi connectivity index (χ2n) is 8.78. The van der Waals surface area contributed by atoms with Crippen LogP contribution in [0.5, 0.6) is 0 Å². The van der Waals surface area contributed by atoms with Crippen LogP contribution in [-0.2, 0) is 4.74 Å². The summed E-state index contributed by atoms with van der Waals surface area (Å²) < 4.78 is 32.1. The zero-order chi connectivity index (χ0) is 25.1. The molecule has 3 aromatic carbocycles. The minimum atomic E-state index is -0.397. The number of nitrogens with one attached hydrogen (secondary N) is 1. The lowest BCUT2D eigenvalue weighted by Crippen LogP contribution is -2.51. The smallest absolute Gasteiger partial charge is 0.414 e. The summed E-state index contributed by atoms with van der Waals surface area (Å²) in [6.45, 7) is 2.97. The van der Waals surface area contributed by atoms with Gasteiger partial charge in [-0.2, -0.15) is 0 Å². The van der Waals surface area contributed by atoms with Crippen LogP contribution in [0.15, 0.2) is 72.8 Å². The van der Waals surface area contributed by atoms with Crippen molar-refractivity contribution in [2.45, 2.75) is 6.04 Å². The van der Waals surface area contributed by atoms with Crippen LogP contribution in [0.1, 0.15) is 17.2 Å². The molecule has 2 saturated heterocycles. The first-order chi connectivity index (χ1) is 17.5. The van der Waals surface area contributed by atoms with Crippen molar-refractivity contribution in [1.82, 2.24) is 9.80 Å². The van der Waals surface area contributed by atoms with Gasteiger partial charge >= 0.3 is 12.1 Å². The number of carbonyl (C=O) groups excluding carboxylic acids is 2. The van der Waals surface area contributed by atoms with E-state index in [-0.39, 0.29) is 23.7 Å². The van der Waals surface area contributed by atoms with E-state index in [1.54, 1.807) is 53.4 Å². The third-order valence-electron chi connectivity index (χ3n) is 6.51. The monoisotopic (exact) mass is 492 g/mol. The zero-order valence-corrected chi connectivity index (χ0v) is 19.6. The van der Waals surface area contributed by atoms with E-state index in [9.17, 15) is 18.4 Å². The van der Waals surface area contributed by atoms with E-state index in [0.717, 1.165) is 11.1 Å². The molecule has 2 heterocycles. The van der Waals surface area contributed by atoms with Gasteiger partial charge in [0.15, 0.2) is 0 Å². The number of cyclic esters (lactones) is 1. The van der Waals surface area contributed by atoms with Gasteiger partial charge in [-0.25, -0.2) is 18.4 Å². The van der Waals surface area contributed by atoms with Gasteiger partial charge in [0.25, 0.3) is 0 Å². The Morgan fingerprint density at radius 2 is 1.44 bits per heavy atom. The van der Waals surface area contributed by atoms with Crippen molar-refractivity contribution in [2.24, 2.45) is 0 Å². The Kier molecular flexibility index (Phi) is 6.81. The van der Waals surface area contributed by atoms with Crippen LogP contribution in [0.25, 0.3) is 0 Å². The molecular weight excluding hydrogens is 466 g/mol. The second kappa shape index (κ2) is 10.3. The van der Waals surface area contributed by atoms with E-state index in [0.29, 0.717) is 50.7 Å². The summed E-state index contributed by atoms with van der Waals surface area (Å²) >= 11 is 0. The molecule has 0 bridgehead atoms. The number of urea groups is 1. The molecule has 2 fully saturated rings. The van der Waals surface area contributed by atoms with Crippen molar-refractivity contribution in [3.05, 3.63) is 95.6 Å². The lowest BCUT2D eigenvalue weighted by Gasteiger charge is -2.39. The molecule has 2 aliphatic rings. The second-order valence-corrected chi connectivity index (χ2v) is 8.78. The fourth-order valence-electron chi connectivity index (χ4n) is 4.67. The van der Waals surface area contributed by atoms with Crippen LogP contribution >= 0.6 is 0 Å². The number of nitrogens with zero attached hydrogens (tertiary/aromatic N) is 3. The Balaban J connectivity index is 1.26. The minimum absolute atomic E-state index is 0.187. The SMILES string of the molecule is O=C(Nc1cccc(N2CCOC2=O)c1)N1CCN(C(c2ccc(F)cc2)c2ccc(F)cc2)CC1. The lowest BCUT2D eigenvalue weighted by atomic mass is 9.96. The van der Waals surface area contributed by atoms with E-state index in [4.69, 9.17) is 4.74 Å². The topological polar surface area (TPSA) is 65.1 Å². The van der Waals surface area contributed by atoms with E-state index in [1.165, 1.54) is 29.2 Å². The van der Waals surface area contributed by atoms with Gasteiger partial charge in [-0.15, -0.1) is 0 Å². The van der Waals surface area contributed by atoms with Gasteiger partial charge in [0.2, 0.25) is 0 Å². The maximum absolute atomic E-state index is 13.6. The first-order valence-electron chi connectivity index (χ1n) is 11.8. The fourth-order valence-corrected chi connectivity index (χ4v) is 4.67. The standard InChI is InChI=1S/C27H26F2N4O3/c28-21-8-4-19(5-9-21)25(20-6-10-22(29)11-7-20)31-12-14-32(15-13-31)26(34)30-23-2-1-3-24(18-23)33-16-17-36-27(33)35/h1-11,18,25H,12-17H2,(H,30,34). The number of carbonyl (C=O) groups is 2. The van der Waals surface area contributed by atoms with Crippen molar-refractivity contribution >= 4 is 23.5 Å². The van der Waals surface area contributed by atoms with Crippen molar-refractivity contribution in [3.8, 4) is 0 Å². The maximum atomic E-state index is 13.6. The third-order valence-corrected chi connectivity index (χ3v) is 6.51. The average Bonchev–Trinajstić information content (AvgIpc) is 3.33. The molecule has 36 heavy (non-hydrogen) atoms. The summed E-state index contributed by atoms with van der Waals surface area (Å²) in [6.07, 6.45) is -0.397. The van der Waals surface area contributed by atoms with Crippen molar-refractivity contribution < 1.29 is 23.1 Å². The van der Waals surface area contributed by atoms with Gasteiger partial charge in [-0.05, 0) is 53.6 Å². The number of hydrogen-bond acceptors (Lipinski definition) is 4. The minimum Gasteiger partial charge on any atom is -0.447 e. The average molecular weight is 493 g/mol. The highest BCUT2D eigenvalue weighted by Gasteiger charge is 2.29. The van der Waals surface area contributed by atoms with Crippen LogP contribution in [0.4, 0.5) is 29.7 Å². The zero-order valence-electron chi connectivity index (χ0n) is 19.6. The molecule has 186 valence electrons. The Bertz CT molecular complexity index is 1180. The Morgan fingerprint density at radius 3 is 2.00 bits per heavy atom. The number of rotatable bonds is 5. The molecule has 0 spiro atoms. The van der Waals surface area contributed by atoms with Gasteiger partial charge in [0.05, 0.1) is 12.6 Å². The van der Waals surface area contributed by atoms with Crippen molar-refractivity contribution in [1.29, 1.82) is 0 Å². The Hall–Kier alpha value is -3.98. The van der Waals surface area contributed by atoms with E-state index in [1.807, 2.05) is 0 Å². The predicted octanol–water partition coefficient (Wildman–Crippen LogP) is 4.86. The third kappa shape index (κ3) is 5.16. The van der Waals surface area contributed by atoms with Crippen molar-refractivity contribution in [2.75, 3.05) is 49.5 Å². The molecule has 0 aliphatic carbocycles. The maximum Gasteiger partial charge on any atom is 0.414 e. The predicted molar refractivity (Wildman–Crippen MR) is 132 cm³/mol. The number of anilines is 2. The number of amides is 3. The van der Waals surface area contributed by atoms with Gasteiger partial charge in [0.1, 0.15) is 18.2 Å². The molecule has 7 nitrogen and oxygen atoms in total. The van der Waals surface area contributed by atoms with Gasteiger partial charge < -0.3 is 15.0 Å². The number of ether oxygens (including phenoxy) is 1. The highest BCUT2D eigenvalue weighted by molar-refractivity contribution is 5.93. The van der Waals surface area contributed by atoms with E-state index in [2.05, 4.69) is 10.2 Å². The first kappa shape index (κ1) is 23.7. The normalized spacial score (nSPS) is 16.4. The molecule has 0 radical (unpaired) electrons.